The number of rotatable bonds is 7. The zero-order chi connectivity index (χ0) is 12.5. The van der Waals surface area contributed by atoms with Crippen molar-refractivity contribution in [1.82, 2.24) is 0 Å². The molecule has 1 atom stereocenters. The third-order valence-electron chi connectivity index (χ3n) is 3.09. The molecule has 1 unspecified atom stereocenters. The summed E-state index contributed by atoms with van der Waals surface area (Å²) in [5.74, 6) is 0.522. The smallest absolute Gasteiger partial charge is 0.211 e. The molecule has 0 fully saturated rings. The zero-order valence-electron chi connectivity index (χ0n) is 10.8. The first-order chi connectivity index (χ1) is 8.33. The molecule has 0 spiro atoms. The number of para-hydroxylation sites is 1. The summed E-state index contributed by atoms with van der Waals surface area (Å²) in [5, 5.41) is 0. The van der Waals surface area contributed by atoms with E-state index in [0.717, 1.165) is 18.5 Å². The van der Waals surface area contributed by atoms with Crippen molar-refractivity contribution < 1.29 is 4.79 Å². The summed E-state index contributed by atoms with van der Waals surface area (Å²) in [7, 11) is 0. The maximum absolute atomic E-state index is 10.4. The van der Waals surface area contributed by atoms with Gasteiger partial charge in [0.05, 0.1) is 5.69 Å². The van der Waals surface area contributed by atoms with E-state index in [1.807, 2.05) is 18.2 Å². The van der Waals surface area contributed by atoms with E-state index in [1.54, 1.807) is 6.08 Å². The van der Waals surface area contributed by atoms with Crippen molar-refractivity contribution in [2.45, 2.75) is 51.9 Å². The Bertz CT molecular complexity index is 380. The molecule has 1 rings (SSSR count). The molecule has 0 N–H and O–H groups in total. The highest BCUT2D eigenvalue weighted by molar-refractivity contribution is 5.54. The first-order valence-electron chi connectivity index (χ1n) is 6.50. The van der Waals surface area contributed by atoms with Crippen molar-refractivity contribution in [3.63, 3.8) is 0 Å². The summed E-state index contributed by atoms with van der Waals surface area (Å²) < 4.78 is 0. The SMILES string of the molecule is CCCCC(CCC)c1ccccc1N=C=O. The Kier molecular flexibility index (Phi) is 6.27. The van der Waals surface area contributed by atoms with Gasteiger partial charge in [0, 0.05) is 0 Å². The fourth-order valence-electron chi connectivity index (χ4n) is 2.24. The molecule has 0 aromatic heterocycles. The van der Waals surface area contributed by atoms with Crippen LogP contribution in [0, 0.1) is 0 Å². The van der Waals surface area contributed by atoms with Gasteiger partial charge in [-0.25, -0.2) is 4.79 Å². The first kappa shape index (κ1) is 13.7. The minimum atomic E-state index is 0.522. The van der Waals surface area contributed by atoms with Gasteiger partial charge in [-0.05, 0) is 30.4 Å². The highest BCUT2D eigenvalue weighted by Crippen LogP contribution is 2.33. The van der Waals surface area contributed by atoms with Crippen LogP contribution in [0.4, 0.5) is 5.69 Å². The van der Waals surface area contributed by atoms with E-state index < -0.39 is 0 Å². The summed E-state index contributed by atoms with van der Waals surface area (Å²) in [4.78, 5) is 14.2. The predicted octanol–water partition coefficient (Wildman–Crippen LogP) is 4.73. The molecule has 0 aliphatic heterocycles. The van der Waals surface area contributed by atoms with E-state index in [0.29, 0.717) is 5.92 Å². The molecule has 1 aromatic carbocycles. The number of hydrogen-bond donors (Lipinski definition) is 0. The molecule has 0 radical (unpaired) electrons. The van der Waals surface area contributed by atoms with Gasteiger partial charge in [0.15, 0.2) is 0 Å². The fraction of sp³-hybridized carbons (Fsp3) is 0.533. The molecular weight excluding hydrogens is 210 g/mol. The number of hydrogen-bond acceptors (Lipinski definition) is 2. The lowest BCUT2D eigenvalue weighted by Gasteiger charge is -2.17. The Hall–Kier alpha value is -1.40. The van der Waals surface area contributed by atoms with Crippen LogP contribution in [-0.2, 0) is 4.79 Å². The second kappa shape index (κ2) is 7.81. The third kappa shape index (κ3) is 4.16. The summed E-state index contributed by atoms with van der Waals surface area (Å²) in [5.41, 5.74) is 1.99. The number of aliphatic imine (C=N–C) groups is 1. The molecule has 0 heterocycles. The van der Waals surface area contributed by atoms with Crippen LogP contribution in [0.3, 0.4) is 0 Å². The molecule has 1 aromatic rings. The van der Waals surface area contributed by atoms with Crippen LogP contribution in [0.2, 0.25) is 0 Å². The van der Waals surface area contributed by atoms with Gasteiger partial charge in [0.2, 0.25) is 6.08 Å². The Morgan fingerprint density at radius 3 is 2.59 bits per heavy atom. The van der Waals surface area contributed by atoms with Gasteiger partial charge < -0.3 is 0 Å². The van der Waals surface area contributed by atoms with Crippen molar-refractivity contribution in [2.75, 3.05) is 0 Å². The number of isocyanates is 1. The standard InChI is InChI=1S/C15H21NO/c1-3-5-9-13(8-4-2)14-10-6-7-11-15(14)16-12-17/h6-7,10-11,13H,3-5,8-9H2,1-2H3. The molecule has 0 saturated carbocycles. The first-order valence-corrected chi connectivity index (χ1v) is 6.50. The van der Waals surface area contributed by atoms with E-state index in [-0.39, 0.29) is 0 Å². The molecule has 0 bridgehead atoms. The minimum absolute atomic E-state index is 0.522. The maximum Gasteiger partial charge on any atom is 0.240 e. The van der Waals surface area contributed by atoms with Crippen molar-refractivity contribution in [1.29, 1.82) is 0 Å². The van der Waals surface area contributed by atoms with Crippen LogP contribution in [0.15, 0.2) is 29.3 Å². The number of benzene rings is 1. The summed E-state index contributed by atoms with van der Waals surface area (Å²) in [6.45, 7) is 4.41. The topological polar surface area (TPSA) is 29.4 Å². The van der Waals surface area contributed by atoms with Gasteiger partial charge in [0.1, 0.15) is 0 Å². The summed E-state index contributed by atoms with van der Waals surface area (Å²) >= 11 is 0. The van der Waals surface area contributed by atoms with Gasteiger partial charge in [-0.3, -0.25) is 0 Å². The van der Waals surface area contributed by atoms with Gasteiger partial charge in [-0.15, -0.1) is 0 Å². The largest absolute Gasteiger partial charge is 0.240 e. The van der Waals surface area contributed by atoms with E-state index in [4.69, 9.17) is 0 Å². The highest BCUT2D eigenvalue weighted by Gasteiger charge is 2.13. The number of nitrogens with zero attached hydrogens (tertiary/aromatic N) is 1. The molecule has 0 aliphatic carbocycles. The van der Waals surface area contributed by atoms with E-state index in [1.165, 1.54) is 24.8 Å². The van der Waals surface area contributed by atoms with E-state index in [2.05, 4.69) is 24.9 Å². The van der Waals surface area contributed by atoms with Crippen molar-refractivity contribution in [2.24, 2.45) is 4.99 Å². The lowest BCUT2D eigenvalue weighted by Crippen LogP contribution is -1.99. The zero-order valence-corrected chi connectivity index (χ0v) is 10.8. The summed E-state index contributed by atoms with van der Waals surface area (Å²) in [6.07, 6.45) is 7.58. The molecule has 2 heteroatoms. The second-order valence-electron chi connectivity index (χ2n) is 4.39. The fourth-order valence-corrected chi connectivity index (χ4v) is 2.24. The van der Waals surface area contributed by atoms with Crippen molar-refractivity contribution in [3.05, 3.63) is 29.8 Å². The average Bonchev–Trinajstić information content (AvgIpc) is 2.36. The van der Waals surface area contributed by atoms with Crippen molar-refractivity contribution >= 4 is 11.8 Å². The van der Waals surface area contributed by atoms with Crippen LogP contribution in [0.5, 0.6) is 0 Å². The van der Waals surface area contributed by atoms with Gasteiger partial charge in [-0.1, -0.05) is 51.3 Å². The summed E-state index contributed by atoms with van der Waals surface area (Å²) in [6, 6.07) is 7.93. The van der Waals surface area contributed by atoms with Gasteiger partial charge in [-0.2, -0.15) is 4.99 Å². The monoisotopic (exact) mass is 231 g/mol. The molecule has 17 heavy (non-hydrogen) atoms. The number of carbonyl (C=O) groups excluding carboxylic acids is 1. The molecule has 2 nitrogen and oxygen atoms in total. The van der Waals surface area contributed by atoms with Crippen molar-refractivity contribution in [3.8, 4) is 0 Å². The normalized spacial score (nSPS) is 11.9. The highest BCUT2D eigenvalue weighted by atomic mass is 16.1. The number of unbranched alkanes of at least 4 members (excludes halogenated alkanes) is 1. The molecule has 0 saturated heterocycles. The van der Waals surface area contributed by atoms with Gasteiger partial charge >= 0.3 is 0 Å². The lowest BCUT2D eigenvalue weighted by molar-refractivity contribution is 0.541. The van der Waals surface area contributed by atoms with Crippen LogP contribution >= 0.6 is 0 Å². The van der Waals surface area contributed by atoms with Crippen LogP contribution in [0.1, 0.15) is 57.4 Å². The Balaban J connectivity index is 2.94. The Morgan fingerprint density at radius 1 is 1.18 bits per heavy atom. The molecule has 0 aliphatic rings. The third-order valence-corrected chi connectivity index (χ3v) is 3.09. The Morgan fingerprint density at radius 2 is 1.94 bits per heavy atom. The van der Waals surface area contributed by atoms with E-state index >= 15 is 0 Å². The van der Waals surface area contributed by atoms with Crippen LogP contribution in [-0.4, -0.2) is 6.08 Å². The van der Waals surface area contributed by atoms with Gasteiger partial charge in [0.25, 0.3) is 0 Å². The quantitative estimate of drug-likeness (QED) is 0.493. The maximum atomic E-state index is 10.4. The van der Waals surface area contributed by atoms with E-state index in [9.17, 15) is 4.79 Å². The Labute approximate surface area is 104 Å². The predicted molar refractivity (Wildman–Crippen MR) is 71.4 cm³/mol. The molecular formula is C15H21NO. The molecule has 0 amide bonds. The average molecular weight is 231 g/mol. The lowest BCUT2D eigenvalue weighted by atomic mass is 9.88. The van der Waals surface area contributed by atoms with Crippen LogP contribution in [0.25, 0.3) is 0 Å². The molecule has 92 valence electrons. The minimum Gasteiger partial charge on any atom is -0.211 e. The van der Waals surface area contributed by atoms with Crippen LogP contribution < -0.4 is 0 Å². The second-order valence-corrected chi connectivity index (χ2v) is 4.39.